The molecule has 3 aromatic carbocycles. The van der Waals surface area contributed by atoms with Crippen LogP contribution in [0.5, 0.6) is 0 Å². The molecule has 3 nitrogen and oxygen atoms in total. The summed E-state index contributed by atoms with van der Waals surface area (Å²) in [6.07, 6.45) is 0. The van der Waals surface area contributed by atoms with Crippen molar-refractivity contribution in [3.05, 3.63) is 78.4 Å². The van der Waals surface area contributed by atoms with Gasteiger partial charge in [-0.1, -0.05) is 60.7 Å². The Kier molecular flexibility index (Phi) is 3.96. The fourth-order valence-corrected chi connectivity index (χ4v) is 4.38. The number of sulfone groups is 1. The number of fused-ring (bicyclic) bond motifs is 1. The third-order valence-electron chi connectivity index (χ3n) is 3.83. The molecule has 2 N–H and O–H groups in total. The second-order valence-corrected chi connectivity index (χ2v) is 7.28. The maximum Gasteiger partial charge on any atom is 0.186 e. The van der Waals surface area contributed by atoms with Crippen molar-refractivity contribution in [2.24, 2.45) is 5.73 Å². The van der Waals surface area contributed by atoms with Crippen molar-refractivity contribution in [1.82, 2.24) is 0 Å². The predicted molar refractivity (Wildman–Crippen MR) is 89.4 cm³/mol. The Hall–Kier alpha value is -2.17. The number of hydrogen-bond donors (Lipinski definition) is 1. The van der Waals surface area contributed by atoms with Gasteiger partial charge in [-0.2, -0.15) is 0 Å². The van der Waals surface area contributed by atoms with Crippen LogP contribution in [0.4, 0.5) is 0 Å². The molecule has 1 atom stereocenters. The Bertz CT molecular complexity index is 884. The Balaban J connectivity index is 2.19. The minimum atomic E-state index is -3.52. The third kappa shape index (κ3) is 2.51. The van der Waals surface area contributed by atoms with Crippen LogP contribution < -0.4 is 5.73 Å². The first-order valence-electron chi connectivity index (χ1n) is 7.11. The molecule has 0 bridgehead atoms. The van der Waals surface area contributed by atoms with E-state index in [0.29, 0.717) is 4.90 Å². The average Bonchev–Trinajstić information content (AvgIpc) is 2.56. The lowest BCUT2D eigenvalue weighted by Crippen LogP contribution is -2.22. The number of rotatable bonds is 4. The topological polar surface area (TPSA) is 60.2 Å². The summed E-state index contributed by atoms with van der Waals surface area (Å²) in [5.41, 5.74) is 6.59. The first kappa shape index (κ1) is 14.8. The largest absolute Gasteiger partial charge is 0.329 e. The van der Waals surface area contributed by atoms with Gasteiger partial charge in [-0.15, -0.1) is 0 Å². The molecule has 0 radical (unpaired) electrons. The first-order chi connectivity index (χ1) is 10.6. The standard InChI is InChI=1S/C18H17NO2S/c19-13-18(22(20,21)15-9-2-1-3-10-15)17-12-6-8-14-7-4-5-11-16(14)17/h1-12,18H,13,19H2/t18-/m0/s1. The van der Waals surface area contributed by atoms with Crippen molar-refractivity contribution >= 4 is 20.6 Å². The highest BCUT2D eigenvalue weighted by Crippen LogP contribution is 2.32. The molecule has 0 fully saturated rings. The lowest BCUT2D eigenvalue weighted by Gasteiger charge is -2.18. The molecule has 0 aliphatic rings. The van der Waals surface area contributed by atoms with E-state index in [1.165, 1.54) is 0 Å². The summed E-state index contributed by atoms with van der Waals surface area (Å²) < 4.78 is 25.9. The quantitative estimate of drug-likeness (QED) is 0.804. The van der Waals surface area contributed by atoms with Crippen molar-refractivity contribution in [2.75, 3.05) is 6.54 Å². The summed E-state index contributed by atoms with van der Waals surface area (Å²) in [6.45, 7) is 0.0469. The van der Waals surface area contributed by atoms with E-state index >= 15 is 0 Å². The third-order valence-corrected chi connectivity index (χ3v) is 5.96. The molecule has 0 spiro atoms. The van der Waals surface area contributed by atoms with E-state index in [1.807, 2.05) is 42.5 Å². The normalized spacial score (nSPS) is 13.1. The van der Waals surface area contributed by atoms with Gasteiger partial charge < -0.3 is 5.73 Å². The minimum Gasteiger partial charge on any atom is -0.329 e. The van der Waals surface area contributed by atoms with Crippen molar-refractivity contribution < 1.29 is 8.42 Å². The molecule has 112 valence electrons. The lowest BCUT2D eigenvalue weighted by atomic mass is 10.0. The maximum atomic E-state index is 12.9. The van der Waals surface area contributed by atoms with E-state index in [2.05, 4.69) is 0 Å². The molecule has 0 aromatic heterocycles. The number of benzene rings is 3. The minimum absolute atomic E-state index is 0.0469. The molecule has 0 aliphatic carbocycles. The molecule has 22 heavy (non-hydrogen) atoms. The molecule has 0 saturated heterocycles. The average molecular weight is 311 g/mol. The molecule has 4 heteroatoms. The highest BCUT2D eigenvalue weighted by Gasteiger charge is 2.28. The molecule has 0 unspecified atom stereocenters. The van der Waals surface area contributed by atoms with E-state index in [9.17, 15) is 8.42 Å². The fourth-order valence-electron chi connectivity index (χ4n) is 2.73. The van der Waals surface area contributed by atoms with Crippen LogP contribution in [-0.2, 0) is 9.84 Å². The lowest BCUT2D eigenvalue weighted by molar-refractivity contribution is 0.583. The van der Waals surface area contributed by atoms with Crippen LogP contribution in [0.3, 0.4) is 0 Å². The van der Waals surface area contributed by atoms with Gasteiger partial charge in [0.1, 0.15) is 5.25 Å². The van der Waals surface area contributed by atoms with Crippen LogP contribution in [0.1, 0.15) is 10.8 Å². The Morgan fingerprint density at radius 3 is 2.18 bits per heavy atom. The smallest absolute Gasteiger partial charge is 0.186 e. The van der Waals surface area contributed by atoms with Crippen molar-refractivity contribution in [3.8, 4) is 0 Å². The van der Waals surface area contributed by atoms with E-state index in [-0.39, 0.29) is 6.54 Å². The van der Waals surface area contributed by atoms with E-state index in [4.69, 9.17) is 5.73 Å². The van der Waals surface area contributed by atoms with E-state index in [0.717, 1.165) is 16.3 Å². The monoisotopic (exact) mass is 311 g/mol. The van der Waals surface area contributed by atoms with Gasteiger partial charge in [-0.3, -0.25) is 0 Å². The van der Waals surface area contributed by atoms with Gasteiger partial charge in [-0.25, -0.2) is 8.42 Å². The molecule has 3 rings (SSSR count). The first-order valence-corrected chi connectivity index (χ1v) is 8.66. The summed E-state index contributed by atoms with van der Waals surface area (Å²) in [4.78, 5) is 0.304. The van der Waals surface area contributed by atoms with Gasteiger partial charge in [0.2, 0.25) is 0 Å². The number of hydrogen-bond acceptors (Lipinski definition) is 3. The van der Waals surface area contributed by atoms with Gasteiger partial charge in [0.25, 0.3) is 0 Å². The molecule has 3 aromatic rings. The molecule has 0 saturated carbocycles. The van der Waals surface area contributed by atoms with Crippen LogP contribution in [0, 0.1) is 0 Å². The number of nitrogens with two attached hydrogens (primary N) is 1. The van der Waals surface area contributed by atoms with Crippen LogP contribution in [0.15, 0.2) is 77.7 Å². The summed E-state index contributed by atoms with van der Waals surface area (Å²) in [7, 11) is -3.52. The Morgan fingerprint density at radius 1 is 0.818 bits per heavy atom. The van der Waals surface area contributed by atoms with Gasteiger partial charge in [0, 0.05) is 6.54 Å². The highest BCUT2D eigenvalue weighted by atomic mass is 32.2. The van der Waals surface area contributed by atoms with Gasteiger partial charge in [0.15, 0.2) is 9.84 Å². The Labute approximate surface area is 130 Å². The SMILES string of the molecule is NC[C@@H](c1cccc2ccccc12)S(=O)(=O)c1ccccc1. The van der Waals surface area contributed by atoms with Crippen molar-refractivity contribution in [2.45, 2.75) is 10.1 Å². The van der Waals surface area contributed by atoms with Crippen molar-refractivity contribution in [1.29, 1.82) is 0 Å². The molecule has 0 amide bonds. The maximum absolute atomic E-state index is 12.9. The molecular weight excluding hydrogens is 294 g/mol. The van der Waals surface area contributed by atoms with Crippen LogP contribution in [-0.4, -0.2) is 15.0 Å². The highest BCUT2D eigenvalue weighted by molar-refractivity contribution is 7.91. The summed E-state index contributed by atoms with van der Waals surface area (Å²) in [5, 5.41) is 1.20. The van der Waals surface area contributed by atoms with Gasteiger partial charge in [-0.05, 0) is 28.5 Å². The summed E-state index contributed by atoms with van der Waals surface area (Å²) in [6, 6.07) is 21.9. The Morgan fingerprint density at radius 2 is 1.45 bits per heavy atom. The summed E-state index contributed by atoms with van der Waals surface area (Å²) >= 11 is 0. The molecular formula is C18H17NO2S. The van der Waals surface area contributed by atoms with Gasteiger partial charge in [0.05, 0.1) is 4.90 Å². The van der Waals surface area contributed by atoms with Crippen LogP contribution in [0.2, 0.25) is 0 Å². The van der Waals surface area contributed by atoms with Crippen LogP contribution in [0.25, 0.3) is 10.8 Å². The zero-order chi connectivity index (χ0) is 15.6. The fraction of sp³-hybridized carbons (Fsp3) is 0.111. The zero-order valence-corrected chi connectivity index (χ0v) is 12.8. The zero-order valence-electron chi connectivity index (χ0n) is 12.0. The summed E-state index contributed by atoms with van der Waals surface area (Å²) in [5.74, 6) is 0. The molecule has 0 aliphatic heterocycles. The van der Waals surface area contributed by atoms with Gasteiger partial charge >= 0.3 is 0 Å². The van der Waals surface area contributed by atoms with Crippen LogP contribution >= 0.6 is 0 Å². The van der Waals surface area contributed by atoms with E-state index in [1.54, 1.807) is 30.3 Å². The molecule has 0 heterocycles. The van der Waals surface area contributed by atoms with Crippen molar-refractivity contribution in [3.63, 3.8) is 0 Å². The predicted octanol–water partition coefficient (Wildman–Crippen LogP) is 3.31. The second-order valence-electron chi connectivity index (χ2n) is 5.15. The van der Waals surface area contributed by atoms with E-state index < -0.39 is 15.1 Å². The second kappa shape index (κ2) is 5.91.